The van der Waals surface area contributed by atoms with Crippen LogP contribution in [-0.4, -0.2) is 25.0 Å². The van der Waals surface area contributed by atoms with E-state index in [1.165, 1.54) is 19.3 Å². The van der Waals surface area contributed by atoms with Gasteiger partial charge in [0.05, 0.1) is 5.92 Å². The van der Waals surface area contributed by atoms with E-state index in [9.17, 15) is 4.79 Å². The number of hydrogen-bond donors (Lipinski definition) is 2. The summed E-state index contributed by atoms with van der Waals surface area (Å²) in [5.41, 5.74) is 0. The minimum Gasteiger partial charge on any atom is -0.353 e. The Bertz CT molecular complexity index is 211. The Balaban J connectivity index is 1.81. The highest BCUT2D eigenvalue weighted by Gasteiger charge is 2.28. The van der Waals surface area contributed by atoms with Gasteiger partial charge in [-0.1, -0.05) is 13.3 Å². The fourth-order valence-electron chi connectivity index (χ4n) is 2.54. The van der Waals surface area contributed by atoms with Gasteiger partial charge in [-0.05, 0) is 31.7 Å². The van der Waals surface area contributed by atoms with E-state index < -0.39 is 0 Å². The van der Waals surface area contributed by atoms with E-state index in [1.54, 1.807) is 0 Å². The summed E-state index contributed by atoms with van der Waals surface area (Å²) in [5.74, 6) is 1.17. The average molecular weight is 196 g/mol. The first kappa shape index (κ1) is 9.97. The van der Waals surface area contributed by atoms with Crippen LogP contribution in [0.5, 0.6) is 0 Å². The second kappa shape index (κ2) is 4.30. The molecule has 0 spiro atoms. The fraction of sp³-hybridized carbons (Fsp3) is 0.909. The number of carbonyl (C=O) groups is 1. The van der Waals surface area contributed by atoms with Crippen LogP contribution in [0, 0.1) is 11.8 Å². The molecule has 3 atom stereocenters. The van der Waals surface area contributed by atoms with Gasteiger partial charge < -0.3 is 10.6 Å². The van der Waals surface area contributed by atoms with Gasteiger partial charge >= 0.3 is 0 Å². The first-order valence-corrected chi connectivity index (χ1v) is 5.78. The van der Waals surface area contributed by atoms with Crippen molar-refractivity contribution in [2.24, 2.45) is 11.8 Å². The minimum absolute atomic E-state index is 0.225. The summed E-state index contributed by atoms with van der Waals surface area (Å²) in [6, 6.07) is 0.447. The molecule has 2 rings (SSSR count). The first-order valence-electron chi connectivity index (χ1n) is 5.78. The van der Waals surface area contributed by atoms with Crippen molar-refractivity contribution in [3.63, 3.8) is 0 Å². The molecule has 1 saturated carbocycles. The summed E-state index contributed by atoms with van der Waals surface area (Å²) in [7, 11) is 0. The third-order valence-electron chi connectivity index (χ3n) is 3.62. The molecule has 14 heavy (non-hydrogen) atoms. The topological polar surface area (TPSA) is 41.1 Å². The predicted molar refractivity (Wildman–Crippen MR) is 55.9 cm³/mol. The first-order chi connectivity index (χ1) is 6.77. The summed E-state index contributed by atoms with van der Waals surface area (Å²) in [5, 5.41) is 6.42. The molecule has 0 aromatic heterocycles. The lowest BCUT2D eigenvalue weighted by Gasteiger charge is -2.19. The maximum absolute atomic E-state index is 11.8. The van der Waals surface area contributed by atoms with E-state index >= 15 is 0 Å². The smallest absolute Gasteiger partial charge is 0.224 e. The largest absolute Gasteiger partial charge is 0.353 e. The highest BCUT2D eigenvalue weighted by molar-refractivity contribution is 5.79. The number of amides is 1. The molecule has 1 heterocycles. The Morgan fingerprint density at radius 3 is 2.79 bits per heavy atom. The van der Waals surface area contributed by atoms with E-state index in [2.05, 4.69) is 17.6 Å². The predicted octanol–water partition coefficient (Wildman–Crippen LogP) is 0.901. The van der Waals surface area contributed by atoms with Crippen molar-refractivity contribution in [3.8, 4) is 0 Å². The third kappa shape index (κ3) is 2.08. The summed E-state index contributed by atoms with van der Waals surface area (Å²) < 4.78 is 0. The van der Waals surface area contributed by atoms with E-state index in [-0.39, 0.29) is 11.8 Å². The standard InChI is InChI=1S/C11H20N2O/c1-8-3-2-4-10(8)13-11(14)9-5-6-12-7-9/h8-10,12H,2-7H2,1H3,(H,13,14). The third-order valence-corrected chi connectivity index (χ3v) is 3.62. The molecule has 1 aliphatic heterocycles. The van der Waals surface area contributed by atoms with Crippen LogP contribution in [0.3, 0.4) is 0 Å². The lowest BCUT2D eigenvalue weighted by molar-refractivity contribution is -0.125. The molecule has 3 nitrogen and oxygen atoms in total. The number of hydrogen-bond acceptors (Lipinski definition) is 2. The molecule has 1 amide bonds. The van der Waals surface area contributed by atoms with Crippen LogP contribution in [0.2, 0.25) is 0 Å². The summed E-state index contributed by atoms with van der Waals surface area (Å²) in [4.78, 5) is 11.8. The van der Waals surface area contributed by atoms with Crippen molar-refractivity contribution in [1.82, 2.24) is 10.6 Å². The normalized spacial score (nSPS) is 37.4. The SMILES string of the molecule is CC1CCCC1NC(=O)C1CCNC1. The molecule has 2 aliphatic rings. The molecular weight excluding hydrogens is 176 g/mol. The highest BCUT2D eigenvalue weighted by Crippen LogP contribution is 2.25. The van der Waals surface area contributed by atoms with Gasteiger partial charge in [-0.15, -0.1) is 0 Å². The quantitative estimate of drug-likeness (QED) is 0.689. The van der Waals surface area contributed by atoms with Crippen molar-refractivity contribution in [1.29, 1.82) is 0 Å². The molecular formula is C11H20N2O. The Morgan fingerprint density at radius 1 is 1.36 bits per heavy atom. The monoisotopic (exact) mass is 196 g/mol. The van der Waals surface area contributed by atoms with E-state index in [1.807, 2.05) is 0 Å². The zero-order valence-corrected chi connectivity index (χ0v) is 8.88. The second-order valence-corrected chi connectivity index (χ2v) is 4.71. The molecule has 3 unspecified atom stereocenters. The van der Waals surface area contributed by atoms with Crippen LogP contribution >= 0.6 is 0 Å². The Hall–Kier alpha value is -0.570. The molecule has 80 valence electrons. The van der Waals surface area contributed by atoms with Crippen LogP contribution in [0.4, 0.5) is 0 Å². The number of rotatable bonds is 2. The Kier molecular flexibility index (Phi) is 3.06. The van der Waals surface area contributed by atoms with Crippen molar-refractivity contribution in [3.05, 3.63) is 0 Å². The second-order valence-electron chi connectivity index (χ2n) is 4.71. The van der Waals surface area contributed by atoms with Crippen LogP contribution in [-0.2, 0) is 4.79 Å². The van der Waals surface area contributed by atoms with Crippen molar-refractivity contribution in [2.45, 2.75) is 38.6 Å². The maximum Gasteiger partial charge on any atom is 0.224 e. The van der Waals surface area contributed by atoms with Gasteiger partial charge in [-0.2, -0.15) is 0 Å². The van der Waals surface area contributed by atoms with Gasteiger partial charge in [0, 0.05) is 12.6 Å². The minimum atomic E-state index is 0.225. The molecule has 0 radical (unpaired) electrons. The Morgan fingerprint density at radius 2 is 2.21 bits per heavy atom. The van der Waals surface area contributed by atoms with Crippen LogP contribution in [0.1, 0.15) is 32.6 Å². The molecule has 0 aromatic carbocycles. The van der Waals surface area contributed by atoms with Gasteiger partial charge in [0.15, 0.2) is 0 Å². The summed E-state index contributed by atoms with van der Waals surface area (Å²) in [6.07, 6.45) is 4.73. The molecule has 1 aliphatic carbocycles. The average Bonchev–Trinajstić information content (AvgIpc) is 2.77. The lowest BCUT2D eigenvalue weighted by Crippen LogP contribution is -2.40. The Labute approximate surface area is 85.6 Å². The van der Waals surface area contributed by atoms with Gasteiger partial charge in [0.25, 0.3) is 0 Å². The lowest BCUT2D eigenvalue weighted by atomic mass is 10.0. The van der Waals surface area contributed by atoms with Crippen molar-refractivity contribution >= 4 is 5.91 Å². The molecule has 2 N–H and O–H groups in total. The van der Waals surface area contributed by atoms with E-state index in [4.69, 9.17) is 0 Å². The van der Waals surface area contributed by atoms with Crippen LogP contribution < -0.4 is 10.6 Å². The van der Waals surface area contributed by atoms with Crippen molar-refractivity contribution < 1.29 is 4.79 Å². The van der Waals surface area contributed by atoms with Gasteiger partial charge in [0.2, 0.25) is 5.91 Å². The van der Waals surface area contributed by atoms with Gasteiger partial charge in [-0.3, -0.25) is 4.79 Å². The number of carbonyl (C=O) groups excluding carboxylic acids is 1. The summed E-state index contributed by atoms with van der Waals surface area (Å²) in [6.45, 7) is 4.11. The van der Waals surface area contributed by atoms with Crippen LogP contribution in [0.15, 0.2) is 0 Å². The summed E-state index contributed by atoms with van der Waals surface area (Å²) >= 11 is 0. The number of nitrogens with one attached hydrogen (secondary N) is 2. The molecule has 0 bridgehead atoms. The zero-order chi connectivity index (χ0) is 9.97. The molecule has 3 heteroatoms. The van der Waals surface area contributed by atoms with Crippen LogP contribution in [0.25, 0.3) is 0 Å². The van der Waals surface area contributed by atoms with E-state index in [0.717, 1.165) is 19.5 Å². The fourth-order valence-corrected chi connectivity index (χ4v) is 2.54. The van der Waals surface area contributed by atoms with E-state index in [0.29, 0.717) is 12.0 Å². The van der Waals surface area contributed by atoms with Gasteiger partial charge in [-0.25, -0.2) is 0 Å². The maximum atomic E-state index is 11.8. The van der Waals surface area contributed by atoms with Crippen molar-refractivity contribution in [2.75, 3.05) is 13.1 Å². The molecule has 0 aromatic rings. The van der Waals surface area contributed by atoms with Gasteiger partial charge in [0.1, 0.15) is 0 Å². The highest BCUT2D eigenvalue weighted by atomic mass is 16.2. The molecule has 1 saturated heterocycles. The molecule has 2 fully saturated rings. The zero-order valence-electron chi connectivity index (χ0n) is 8.88.